The number of aliphatic hydroxyl groups excluding tert-OH is 1. The van der Waals surface area contributed by atoms with Crippen LogP contribution in [0.15, 0.2) is 41.6 Å². The minimum Gasteiger partial charge on any atom is -0.494 e. The third-order valence-electron chi connectivity index (χ3n) is 5.61. The summed E-state index contributed by atoms with van der Waals surface area (Å²) < 4.78 is 7.16. The van der Waals surface area contributed by atoms with E-state index in [0.717, 1.165) is 5.69 Å². The van der Waals surface area contributed by atoms with Gasteiger partial charge in [-0.05, 0) is 19.1 Å². The normalized spacial score (nSPS) is 13.1. The van der Waals surface area contributed by atoms with E-state index < -0.39 is 4.87 Å². The molecule has 0 bridgehead atoms. The molecule has 5 aromatic rings. The predicted molar refractivity (Wildman–Crippen MR) is 141 cm³/mol. The molecule has 0 aliphatic heterocycles. The largest absolute Gasteiger partial charge is 0.494 e. The number of hydrogen-bond donors (Lipinski definition) is 6. The van der Waals surface area contributed by atoms with Crippen LogP contribution in [-0.2, 0) is 11.9 Å². The van der Waals surface area contributed by atoms with Crippen molar-refractivity contribution >= 4 is 46.1 Å². The van der Waals surface area contributed by atoms with Crippen molar-refractivity contribution in [3.05, 3.63) is 53.0 Å². The Morgan fingerprint density at radius 1 is 1.19 bits per heavy atom. The van der Waals surface area contributed by atoms with E-state index in [4.69, 9.17) is 27.5 Å². The summed E-state index contributed by atoms with van der Waals surface area (Å²) in [6.07, 6.45) is 4.98. The fourth-order valence-electron chi connectivity index (χ4n) is 4.04. The zero-order valence-corrected chi connectivity index (χ0v) is 20.7. The van der Waals surface area contributed by atoms with E-state index in [1.54, 1.807) is 56.5 Å². The lowest BCUT2D eigenvalue weighted by Gasteiger charge is -2.25. The van der Waals surface area contributed by atoms with Crippen LogP contribution in [0.4, 0.5) is 11.4 Å². The van der Waals surface area contributed by atoms with Crippen molar-refractivity contribution < 1.29 is 9.84 Å². The number of nitrogens with one attached hydrogen (secondary N) is 4. The molecule has 1 atom stereocenters. The first-order valence-electron chi connectivity index (χ1n) is 11.1. The molecule has 0 saturated heterocycles. The molecule has 5 N–H and O–H groups in total. The highest BCUT2D eigenvalue weighted by atomic mass is 32.1. The van der Waals surface area contributed by atoms with E-state index in [1.807, 2.05) is 6.07 Å². The van der Waals surface area contributed by atoms with E-state index in [1.165, 1.54) is 0 Å². The molecule has 186 valence electrons. The van der Waals surface area contributed by atoms with Gasteiger partial charge in [0.05, 0.1) is 30.4 Å². The summed E-state index contributed by atoms with van der Waals surface area (Å²) in [6.45, 7) is 2.16. The number of anilines is 2. The van der Waals surface area contributed by atoms with Gasteiger partial charge in [0.15, 0.2) is 5.82 Å². The number of aryl methyl sites for hydroxylation is 1. The van der Waals surface area contributed by atoms with Crippen LogP contribution in [0.3, 0.4) is 0 Å². The Kier molecular flexibility index (Phi) is 6.02. The van der Waals surface area contributed by atoms with Crippen molar-refractivity contribution in [3.8, 4) is 17.1 Å². The molecule has 12 nitrogen and oxygen atoms in total. The number of aromatic nitrogens is 7. The molecule has 0 aliphatic rings. The maximum Gasteiger partial charge on any atom is 0.261 e. The number of aromatic amines is 2. The van der Waals surface area contributed by atoms with Crippen LogP contribution < -0.4 is 20.9 Å². The molecule has 0 saturated carbocycles. The Balaban J connectivity index is 1.72. The molecule has 0 amide bonds. The van der Waals surface area contributed by atoms with Crippen molar-refractivity contribution in [1.82, 2.24) is 34.7 Å². The molecule has 0 spiro atoms. The maximum absolute atomic E-state index is 13.4. The minimum atomic E-state index is -1.04. The zero-order valence-electron chi connectivity index (χ0n) is 19.8. The Hall–Kier alpha value is -4.10. The van der Waals surface area contributed by atoms with Crippen LogP contribution in [0, 0.1) is 0 Å². The third kappa shape index (κ3) is 4.22. The van der Waals surface area contributed by atoms with Crippen LogP contribution >= 0.6 is 12.6 Å². The van der Waals surface area contributed by atoms with Crippen molar-refractivity contribution in [2.24, 2.45) is 7.05 Å². The Bertz CT molecular complexity index is 1610. The van der Waals surface area contributed by atoms with E-state index in [-0.39, 0.29) is 17.7 Å². The average molecular weight is 508 g/mol. The number of rotatable bonds is 8. The number of ether oxygens (including phenoxy) is 1. The fraction of sp³-hybridized carbons (Fsp3) is 0.261. The summed E-state index contributed by atoms with van der Waals surface area (Å²) in [6, 6.07) is 5.34. The van der Waals surface area contributed by atoms with Crippen LogP contribution in [-0.4, -0.2) is 60.1 Å². The van der Waals surface area contributed by atoms with Gasteiger partial charge >= 0.3 is 0 Å². The lowest BCUT2D eigenvalue weighted by atomic mass is 10.1. The van der Waals surface area contributed by atoms with Gasteiger partial charge in [-0.15, -0.1) is 12.6 Å². The fourth-order valence-corrected chi connectivity index (χ4v) is 4.27. The first kappa shape index (κ1) is 23.6. The quantitative estimate of drug-likeness (QED) is 0.137. The second kappa shape index (κ2) is 9.17. The minimum absolute atomic E-state index is 0.0172. The molecule has 0 unspecified atom stereocenters. The second-order valence-corrected chi connectivity index (χ2v) is 9.24. The highest BCUT2D eigenvalue weighted by molar-refractivity contribution is 7.81. The Morgan fingerprint density at radius 3 is 2.69 bits per heavy atom. The number of pyridine rings is 1. The molecule has 0 aliphatic carbocycles. The van der Waals surface area contributed by atoms with Gasteiger partial charge in [0.1, 0.15) is 33.0 Å². The van der Waals surface area contributed by atoms with Crippen molar-refractivity contribution in [2.75, 3.05) is 30.9 Å². The lowest BCUT2D eigenvalue weighted by Crippen LogP contribution is -2.29. The summed E-state index contributed by atoms with van der Waals surface area (Å²) in [7, 11) is 3.32. The Labute approximate surface area is 210 Å². The predicted octanol–water partition coefficient (Wildman–Crippen LogP) is 2.22. The van der Waals surface area contributed by atoms with Crippen LogP contribution in [0.5, 0.6) is 5.75 Å². The molecule has 0 radical (unpaired) electrons. The Morgan fingerprint density at radius 2 is 1.97 bits per heavy atom. The van der Waals surface area contributed by atoms with E-state index in [2.05, 4.69) is 35.7 Å². The first-order chi connectivity index (χ1) is 17.3. The van der Waals surface area contributed by atoms with Crippen LogP contribution in [0.1, 0.15) is 12.7 Å². The van der Waals surface area contributed by atoms with Gasteiger partial charge in [-0.1, -0.05) is 0 Å². The van der Waals surface area contributed by atoms with Gasteiger partial charge in [-0.3, -0.25) is 9.48 Å². The van der Waals surface area contributed by atoms with Crippen molar-refractivity contribution in [3.63, 3.8) is 0 Å². The van der Waals surface area contributed by atoms with E-state index in [9.17, 15) is 4.79 Å². The number of imidazole rings is 1. The number of H-pyrrole nitrogens is 2. The summed E-state index contributed by atoms with van der Waals surface area (Å²) in [4.78, 5) is 31.8. The molecule has 4 aromatic heterocycles. The number of thiol groups is 1. The zero-order chi connectivity index (χ0) is 25.4. The lowest BCUT2D eigenvalue weighted by molar-refractivity contribution is 0.311. The number of benzene rings is 1. The topological polar surface area (TPSA) is 159 Å². The second-order valence-electron chi connectivity index (χ2n) is 8.35. The molecule has 5 rings (SSSR count). The van der Waals surface area contributed by atoms with Gasteiger partial charge < -0.3 is 30.4 Å². The van der Waals surface area contributed by atoms with E-state index >= 15 is 0 Å². The summed E-state index contributed by atoms with van der Waals surface area (Å²) in [5.74, 6) is 1.25. The van der Waals surface area contributed by atoms with E-state index in [0.29, 0.717) is 51.7 Å². The van der Waals surface area contributed by atoms with Crippen LogP contribution in [0.2, 0.25) is 0 Å². The highest BCUT2D eigenvalue weighted by Gasteiger charge is 2.30. The molecular weight excluding hydrogens is 482 g/mol. The molecule has 36 heavy (non-hydrogen) atoms. The molecule has 1 aromatic carbocycles. The summed E-state index contributed by atoms with van der Waals surface area (Å²) in [5.41, 5.74) is 3.33. The highest BCUT2D eigenvalue weighted by Crippen LogP contribution is 2.37. The number of methoxy groups -OCH3 is 1. The van der Waals surface area contributed by atoms with Gasteiger partial charge in [-0.25, -0.2) is 15.0 Å². The maximum atomic E-state index is 13.4. The number of aliphatic hydroxyl groups is 1. The number of hydrogen-bond acceptors (Lipinski definition) is 10. The van der Waals surface area contributed by atoms with Gasteiger partial charge in [0.25, 0.3) is 5.56 Å². The van der Waals surface area contributed by atoms with Gasteiger partial charge in [0, 0.05) is 43.9 Å². The van der Waals surface area contributed by atoms with Crippen molar-refractivity contribution in [1.29, 1.82) is 0 Å². The van der Waals surface area contributed by atoms with Gasteiger partial charge in [0.2, 0.25) is 0 Å². The van der Waals surface area contributed by atoms with Crippen molar-refractivity contribution in [2.45, 2.75) is 11.8 Å². The SMILES string of the molecule is COc1cc(NCCO)cc2[nH]c(-c3c(N[C@@](C)(S)c4ncccn4)c4nn(C)cc4[nH]c3=O)nc12. The molecule has 13 heteroatoms. The smallest absolute Gasteiger partial charge is 0.261 e. The molecular formula is C23H25N9O3S. The molecule has 4 heterocycles. The third-order valence-corrected chi connectivity index (χ3v) is 5.92. The first-order valence-corrected chi connectivity index (χ1v) is 11.6. The van der Waals surface area contributed by atoms with Gasteiger partial charge in [-0.2, -0.15) is 5.10 Å². The summed E-state index contributed by atoms with van der Waals surface area (Å²) >= 11 is 4.78. The standard InChI is InChI=1S/C23H25N9O3S/c1-23(36,22-25-5-4-6-26-22)30-19-16(21(34)28-14-11-32(2)31-18(14)19)20-27-13-9-12(24-7-8-33)10-15(35-3)17(13)29-20/h4-6,9-11,24,30,33,36H,7-8H2,1-3H3,(H,27,29)(H,28,34)/t23-/m0/s1. The summed E-state index contributed by atoms with van der Waals surface area (Å²) in [5, 5.41) is 20.2. The number of nitrogens with zero attached hydrogens (tertiary/aromatic N) is 5. The monoisotopic (exact) mass is 507 g/mol. The number of fused-ring (bicyclic) bond motifs is 2. The molecule has 0 fully saturated rings. The average Bonchev–Trinajstić information content (AvgIpc) is 3.45. The van der Waals surface area contributed by atoms with Crippen LogP contribution in [0.25, 0.3) is 33.5 Å².